The number of imidazole rings is 1. The van der Waals surface area contributed by atoms with E-state index in [-0.39, 0.29) is 0 Å². The summed E-state index contributed by atoms with van der Waals surface area (Å²) in [6.07, 6.45) is 0. The van der Waals surface area contributed by atoms with E-state index in [0.717, 1.165) is 37.5 Å². The fraction of sp³-hybridized carbons (Fsp3) is 0.0667. The first-order chi connectivity index (χ1) is 9.76. The fourth-order valence-corrected chi connectivity index (χ4v) is 3.18. The molecule has 3 aromatic rings. The van der Waals surface area contributed by atoms with E-state index in [9.17, 15) is 0 Å². The quantitative estimate of drug-likeness (QED) is 0.712. The van der Waals surface area contributed by atoms with Gasteiger partial charge in [0.1, 0.15) is 0 Å². The maximum Gasteiger partial charge on any atom is 0.166 e. The van der Waals surface area contributed by atoms with Crippen molar-refractivity contribution in [1.82, 2.24) is 9.97 Å². The average Bonchev–Trinajstić information content (AvgIpc) is 2.87. The molecule has 1 N–H and O–H groups in total. The molecule has 0 spiro atoms. The summed E-state index contributed by atoms with van der Waals surface area (Å²) in [6.45, 7) is 0. The molecular weight excluding hydrogens is 334 g/mol. The van der Waals surface area contributed by atoms with Crippen LogP contribution in [0.4, 0.5) is 0 Å². The van der Waals surface area contributed by atoms with Crippen LogP contribution in [0.25, 0.3) is 11.0 Å². The first kappa shape index (κ1) is 13.2. The van der Waals surface area contributed by atoms with Crippen LogP contribution in [0.5, 0.6) is 0 Å². The van der Waals surface area contributed by atoms with Crippen molar-refractivity contribution in [2.75, 3.05) is 0 Å². The van der Waals surface area contributed by atoms with Crippen molar-refractivity contribution < 1.29 is 0 Å². The smallest absolute Gasteiger partial charge is 0.166 e. The van der Waals surface area contributed by atoms with Gasteiger partial charge in [-0.25, -0.2) is 4.98 Å². The molecule has 20 heavy (non-hydrogen) atoms. The standard InChI is InChI=1S/C15H10BrN3S/c16-12-5-6-13-14(7-12)19-15(18-13)20-9-11-4-2-1-3-10(11)8-17/h1-7H,9H2,(H,18,19). The number of aromatic amines is 1. The Morgan fingerprint density at radius 3 is 2.95 bits per heavy atom. The molecule has 3 rings (SSSR count). The zero-order valence-electron chi connectivity index (χ0n) is 10.4. The monoisotopic (exact) mass is 343 g/mol. The van der Waals surface area contributed by atoms with E-state index in [2.05, 4.69) is 32.0 Å². The number of thioether (sulfide) groups is 1. The van der Waals surface area contributed by atoms with E-state index in [4.69, 9.17) is 5.26 Å². The third kappa shape index (κ3) is 2.72. The predicted octanol–water partition coefficient (Wildman–Crippen LogP) is 4.49. The van der Waals surface area contributed by atoms with Gasteiger partial charge in [0.25, 0.3) is 0 Å². The zero-order valence-corrected chi connectivity index (χ0v) is 12.8. The Balaban J connectivity index is 1.82. The second kappa shape index (κ2) is 5.70. The van der Waals surface area contributed by atoms with E-state index < -0.39 is 0 Å². The van der Waals surface area contributed by atoms with Crippen LogP contribution in [0.1, 0.15) is 11.1 Å². The SMILES string of the molecule is N#Cc1ccccc1CSc1nc2ccc(Br)cc2[nH]1. The molecule has 98 valence electrons. The molecule has 3 nitrogen and oxygen atoms in total. The van der Waals surface area contributed by atoms with Crippen molar-refractivity contribution in [3.8, 4) is 6.07 Å². The summed E-state index contributed by atoms with van der Waals surface area (Å²) < 4.78 is 1.03. The number of halogens is 1. The molecule has 0 saturated carbocycles. The van der Waals surface area contributed by atoms with Crippen LogP contribution >= 0.6 is 27.7 Å². The van der Waals surface area contributed by atoms with Crippen molar-refractivity contribution in [1.29, 1.82) is 5.26 Å². The molecule has 0 aliphatic rings. The first-order valence-electron chi connectivity index (χ1n) is 6.02. The van der Waals surface area contributed by atoms with Gasteiger partial charge in [0.15, 0.2) is 5.16 Å². The van der Waals surface area contributed by atoms with Gasteiger partial charge in [0.2, 0.25) is 0 Å². The van der Waals surface area contributed by atoms with E-state index in [0.29, 0.717) is 0 Å². The number of aromatic nitrogens is 2. The molecule has 2 aromatic carbocycles. The van der Waals surface area contributed by atoms with E-state index in [1.807, 2.05) is 42.5 Å². The maximum atomic E-state index is 9.07. The molecule has 0 fully saturated rings. The van der Waals surface area contributed by atoms with Crippen molar-refractivity contribution in [2.24, 2.45) is 0 Å². The van der Waals surface area contributed by atoms with Crippen molar-refractivity contribution in [3.63, 3.8) is 0 Å². The van der Waals surface area contributed by atoms with Crippen LogP contribution in [0.3, 0.4) is 0 Å². The van der Waals surface area contributed by atoms with E-state index in [1.165, 1.54) is 0 Å². The molecule has 0 saturated heterocycles. The molecule has 1 aromatic heterocycles. The van der Waals surface area contributed by atoms with Gasteiger partial charge < -0.3 is 4.98 Å². The highest BCUT2D eigenvalue weighted by Gasteiger charge is 2.06. The third-order valence-electron chi connectivity index (χ3n) is 2.92. The van der Waals surface area contributed by atoms with Crippen molar-refractivity contribution >= 4 is 38.7 Å². The number of benzene rings is 2. The van der Waals surface area contributed by atoms with Crippen LogP contribution in [0.15, 0.2) is 52.1 Å². The van der Waals surface area contributed by atoms with Gasteiger partial charge in [0.05, 0.1) is 22.7 Å². The Bertz CT molecular complexity index is 804. The number of hydrogen-bond acceptors (Lipinski definition) is 3. The summed E-state index contributed by atoms with van der Waals surface area (Å²) in [6, 6.07) is 15.8. The largest absolute Gasteiger partial charge is 0.333 e. The predicted molar refractivity (Wildman–Crippen MR) is 84.5 cm³/mol. The number of nitrogens with one attached hydrogen (secondary N) is 1. The lowest BCUT2D eigenvalue weighted by molar-refractivity contribution is 1.08. The van der Waals surface area contributed by atoms with Crippen LogP contribution in [-0.4, -0.2) is 9.97 Å². The van der Waals surface area contributed by atoms with Gasteiger partial charge >= 0.3 is 0 Å². The number of rotatable bonds is 3. The van der Waals surface area contributed by atoms with Crippen LogP contribution < -0.4 is 0 Å². The normalized spacial score (nSPS) is 10.6. The zero-order chi connectivity index (χ0) is 13.9. The molecule has 0 unspecified atom stereocenters. The highest BCUT2D eigenvalue weighted by atomic mass is 79.9. The molecule has 1 heterocycles. The molecule has 0 amide bonds. The topological polar surface area (TPSA) is 52.5 Å². The Labute approximate surface area is 129 Å². The number of fused-ring (bicyclic) bond motifs is 1. The van der Waals surface area contributed by atoms with Gasteiger partial charge in [-0.15, -0.1) is 0 Å². The number of nitrogens with zero attached hydrogens (tertiary/aromatic N) is 2. The maximum absolute atomic E-state index is 9.07. The molecule has 0 aliphatic heterocycles. The molecule has 0 bridgehead atoms. The third-order valence-corrected chi connectivity index (χ3v) is 4.34. The Morgan fingerprint density at radius 1 is 1.25 bits per heavy atom. The highest BCUT2D eigenvalue weighted by molar-refractivity contribution is 9.10. The Morgan fingerprint density at radius 2 is 2.10 bits per heavy atom. The molecule has 0 aliphatic carbocycles. The minimum Gasteiger partial charge on any atom is -0.333 e. The van der Waals surface area contributed by atoms with Gasteiger partial charge in [-0.05, 0) is 29.8 Å². The van der Waals surface area contributed by atoms with Crippen LogP contribution in [0, 0.1) is 11.3 Å². The van der Waals surface area contributed by atoms with Gasteiger partial charge in [0, 0.05) is 10.2 Å². The van der Waals surface area contributed by atoms with Gasteiger partial charge in [-0.3, -0.25) is 0 Å². The van der Waals surface area contributed by atoms with Crippen LogP contribution in [-0.2, 0) is 5.75 Å². The molecular formula is C15H10BrN3S. The lowest BCUT2D eigenvalue weighted by Crippen LogP contribution is -1.87. The average molecular weight is 344 g/mol. The minimum atomic E-state index is 0.721. The molecule has 0 radical (unpaired) electrons. The van der Waals surface area contributed by atoms with Gasteiger partial charge in [-0.1, -0.05) is 45.9 Å². The van der Waals surface area contributed by atoms with E-state index >= 15 is 0 Å². The summed E-state index contributed by atoms with van der Waals surface area (Å²) >= 11 is 5.05. The van der Waals surface area contributed by atoms with Crippen molar-refractivity contribution in [2.45, 2.75) is 10.9 Å². The van der Waals surface area contributed by atoms with Crippen LogP contribution in [0.2, 0.25) is 0 Å². The summed E-state index contributed by atoms with van der Waals surface area (Å²) in [5.74, 6) is 0.727. The fourth-order valence-electron chi connectivity index (χ4n) is 1.93. The Hall–Kier alpha value is -1.77. The minimum absolute atomic E-state index is 0.721. The lowest BCUT2D eigenvalue weighted by Gasteiger charge is -2.01. The lowest BCUT2D eigenvalue weighted by atomic mass is 10.1. The first-order valence-corrected chi connectivity index (χ1v) is 7.80. The summed E-state index contributed by atoms with van der Waals surface area (Å²) in [4.78, 5) is 7.81. The molecule has 5 heteroatoms. The number of nitriles is 1. The number of H-pyrrole nitrogens is 1. The summed E-state index contributed by atoms with van der Waals surface area (Å²) in [7, 11) is 0. The summed E-state index contributed by atoms with van der Waals surface area (Å²) in [5, 5.41) is 9.94. The molecule has 0 atom stereocenters. The van der Waals surface area contributed by atoms with Gasteiger partial charge in [-0.2, -0.15) is 5.26 Å². The number of hydrogen-bond donors (Lipinski definition) is 1. The second-order valence-corrected chi connectivity index (χ2v) is 6.14. The Kier molecular flexibility index (Phi) is 3.77. The van der Waals surface area contributed by atoms with E-state index in [1.54, 1.807) is 11.8 Å². The van der Waals surface area contributed by atoms with Crippen molar-refractivity contribution in [3.05, 3.63) is 58.1 Å². The second-order valence-electron chi connectivity index (χ2n) is 4.26. The summed E-state index contributed by atoms with van der Waals surface area (Å²) in [5.41, 5.74) is 3.71. The highest BCUT2D eigenvalue weighted by Crippen LogP contribution is 2.25.